The van der Waals surface area contributed by atoms with E-state index in [0.29, 0.717) is 31.2 Å². The third-order valence-corrected chi connectivity index (χ3v) is 1.64. The molecule has 0 atom stereocenters. The molecule has 1 aromatic heterocycles. The molecule has 1 fully saturated rings. The molecule has 0 saturated carbocycles. The Morgan fingerprint density at radius 3 is 2.20 bits per heavy atom. The Bertz CT molecular complexity index is 333. The van der Waals surface area contributed by atoms with E-state index >= 15 is 0 Å². The van der Waals surface area contributed by atoms with E-state index in [2.05, 4.69) is 20.7 Å². The molecule has 0 spiro atoms. The van der Waals surface area contributed by atoms with E-state index in [-0.39, 0.29) is 11.8 Å². The lowest BCUT2D eigenvalue weighted by atomic mass is 10.1. The molecule has 1 saturated heterocycles. The number of piperidine rings is 1. The van der Waals surface area contributed by atoms with Crippen molar-refractivity contribution in [3.8, 4) is 0 Å². The summed E-state index contributed by atoms with van der Waals surface area (Å²) in [7, 11) is 0. The number of aldehydes is 1. The van der Waals surface area contributed by atoms with Crippen LogP contribution in [0.1, 0.15) is 29.8 Å². The highest BCUT2D eigenvalue weighted by Gasteiger charge is 2.12. The number of hydrogen-bond donors (Lipinski definition) is 2. The third-order valence-electron chi connectivity index (χ3n) is 1.64. The minimum Gasteiger partial charge on any atom is -0.296 e. The van der Waals surface area contributed by atoms with Gasteiger partial charge in [0.2, 0.25) is 11.8 Å². The van der Waals surface area contributed by atoms with Gasteiger partial charge in [0.05, 0.1) is 6.20 Å². The van der Waals surface area contributed by atoms with Gasteiger partial charge in [-0.3, -0.25) is 24.8 Å². The van der Waals surface area contributed by atoms with Crippen LogP contribution in [0.2, 0.25) is 0 Å². The van der Waals surface area contributed by atoms with Gasteiger partial charge in [-0.05, 0) is 6.42 Å². The van der Waals surface area contributed by atoms with Crippen LogP contribution in [0.15, 0.2) is 6.20 Å². The van der Waals surface area contributed by atoms with Crippen molar-refractivity contribution < 1.29 is 14.4 Å². The molecular formula is C8H10N4O3. The fourth-order valence-electron chi connectivity index (χ4n) is 0.958. The molecule has 80 valence electrons. The second-order valence-electron chi connectivity index (χ2n) is 2.84. The molecule has 7 heteroatoms. The largest absolute Gasteiger partial charge is 0.296 e. The van der Waals surface area contributed by atoms with Gasteiger partial charge in [-0.25, -0.2) is 0 Å². The maximum absolute atomic E-state index is 10.3. The Kier molecular flexibility index (Phi) is 4.14. The summed E-state index contributed by atoms with van der Waals surface area (Å²) < 4.78 is 0. The highest BCUT2D eigenvalue weighted by Crippen LogP contribution is 2.00. The summed E-state index contributed by atoms with van der Waals surface area (Å²) in [6.07, 6.45) is 3.78. The number of aromatic amines is 1. The molecule has 1 aliphatic heterocycles. The zero-order chi connectivity index (χ0) is 11.1. The molecular weight excluding hydrogens is 200 g/mol. The second kappa shape index (κ2) is 5.63. The summed E-state index contributed by atoms with van der Waals surface area (Å²) in [5, 5.41) is 11.2. The summed E-state index contributed by atoms with van der Waals surface area (Å²) >= 11 is 0. The molecule has 0 aromatic carbocycles. The van der Waals surface area contributed by atoms with Crippen LogP contribution in [0, 0.1) is 0 Å². The monoisotopic (exact) mass is 210 g/mol. The van der Waals surface area contributed by atoms with Crippen LogP contribution in [0.25, 0.3) is 0 Å². The molecule has 1 aromatic rings. The molecule has 0 aliphatic carbocycles. The lowest BCUT2D eigenvalue weighted by Gasteiger charge is -2.07. The van der Waals surface area contributed by atoms with Crippen molar-refractivity contribution in [3.63, 3.8) is 0 Å². The first kappa shape index (κ1) is 11.0. The Morgan fingerprint density at radius 2 is 1.93 bits per heavy atom. The van der Waals surface area contributed by atoms with Crippen LogP contribution in [-0.2, 0) is 9.59 Å². The Labute approximate surface area is 85.2 Å². The van der Waals surface area contributed by atoms with Crippen molar-refractivity contribution in [2.45, 2.75) is 19.3 Å². The van der Waals surface area contributed by atoms with Crippen molar-refractivity contribution >= 4 is 18.1 Å². The van der Waals surface area contributed by atoms with Crippen LogP contribution >= 0.6 is 0 Å². The molecule has 2 amide bonds. The number of H-pyrrole nitrogens is 1. The average molecular weight is 210 g/mol. The number of aromatic nitrogens is 3. The van der Waals surface area contributed by atoms with Crippen LogP contribution in [-0.4, -0.2) is 33.5 Å². The fraction of sp³-hybridized carbons (Fsp3) is 0.375. The summed E-state index contributed by atoms with van der Waals surface area (Å²) in [6.45, 7) is 0. The van der Waals surface area contributed by atoms with Crippen molar-refractivity contribution in [1.82, 2.24) is 20.7 Å². The Hall–Kier alpha value is -2.05. The molecule has 2 rings (SSSR count). The number of hydrogen-bond acceptors (Lipinski definition) is 5. The van der Waals surface area contributed by atoms with Crippen LogP contribution in [0.4, 0.5) is 0 Å². The van der Waals surface area contributed by atoms with Gasteiger partial charge < -0.3 is 0 Å². The quantitative estimate of drug-likeness (QED) is 0.477. The van der Waals surface area contributed by atoms with Crippen LogP contribution in [0.5, 0.6) is 0 Å². The predicted octanol–water partition coefficient (Wildman–Crippen LogP) is -0.570. The Morgan fingerprint density at radius 1 is 1.27 bits per heavy atom. The zero-order valence-electron chi connectivity index (χ0n) is 7.90. The Balaban J connectivity index is 0.000000151. The van der Waals surface area contributed by atoms with Crippen molar-refractivity contribution in [1.29, 1.82) is 0 Å². The lowest BCUT2D eigenvalue weighted by Crippen LogP contribution is -2.33. The maximum Gasteiger partial charge on any atom is 0.226 e. The van der Waals surface area contributed by atoms with E-state index in [1.807, 2.05) is 0 Å². The first-order chi connectivity index (χ1) is 7.22. The highest BCUT2D eigenvalue weighted by atomic mass is 16.2. The van der Waals surface area contributed by atoms with Crippen molar-refractivity contribution in [3.05, 3.63) is 11.9 Å². The standard InChI is InChI=1S/C5H7NO2.C3H3N3O/c7-4-2-1-3-5(8)6-4;7-2-3-1-4-6-5-3/h1-3H2,(H,6,7,8);1-2H,(H,4,5,6). The normalized spacial score (nSPS) is 14.9. The molecule has 0 unspecified atom stereocenters. The topological polar surface area (TPSA) is 105 Å². The first-order valence-electron chi connectivity index (χ1n) is 4.36. The smallest absolute Gasteiger partial charge is 0.226 e. The molecule has 0 radical (unpaired) electrons. The number of carbonyl (C=O) groups excluding carboxylic acids is 3. The summed E-state index contributed by atoms with van der Waals surface area (Å²) in [4.78, 5) is 30.4. The molecule has 2 N–H and O–H groups in total. The summed E-state index contributed by atoms with van der Waals surface area (Å²) in [5.41, 5.74) is 0.333. The van der Waals surface area contributed by atoms with Gasteiger partial charge in [-0.15, -0.1) is 5.10 Å². The van der Waals surface area contributed by atoms with Crippen LogP contribution < -0.4 is 5.32 Å². The van der Waals surface area contributed by atoms with E-state index in [0.717, 1.165) is 0 Å². The van der Waals surface area contributed by atoms with E-state index in [9.17, 15) is 14.4 Å². The number of nitrogens with one attached hydrogen (secondary N) is 2. The molecule has 2 heterocycles. The molecule has 7 nitrogen and oxygen atoms in total. The van der Waals surface area contributed by atoms with Gasteiger partial charge in [-0.1, -0.05) is 5.21 Å². The number of carbonyl (C=O) groups is 3. The fourth-order valence-corrected chi connectivity index (χ4v) is 0.958. The van der Waals surface area contributed by atoms with E-state index < -0.39 is 0 Å². The lowest BCUT2D eigenvalue weighted by molar-refractivity contribution is -0.132. The maximum atomic E-state index is 10.3. The number of imide groups is 1. The molecule has 1 aliphatic rings. The van der Waals surface area contributed by atoms with Crippen LogP contribution in [0.3, 0.4) is 0 Å². The van der Waals surface area contributed by atoms with Gasteiger partial charge in [0.25, 0.3) is 0 Å². The average Bonchev–Trinajstić information content (AvgIpc) is 2.70. The minimum atomic E-state index is -0.138. The SMILES string of the molecule is O=C1CCCC(=O)N1.O=Cc1c[nH]nn1. The first-order valence-corrected chi connectivity index (χ1v) is 4.36. The summed E-state index contributed by atoms with van der Waals surface area (Å²) in [5.74, 6) is -0.275. The molecule has 0 bridgehead atoms. The number of nitrogens with zero attached hydrogens (tertiary/aromatic N) is 2. The van der Waals surface area contributed by atoms with E-state index in [4.69, 9.17) is 0 Å². The zero-order valence-corrected chi connectivity index (χ0v) is 7.90. The number of amides is 2. The van der Waals surface area contributed by atoms with Gasteiger partial charge in [0, 0.05) is 12.8 Å². The van der Waals surface area contributed by atoms with Gasteiger partial charge >= 0.3 is 0 Å². The minimum absolute atomic E-state index is 0.138. The second-order valence-corrected chi connectivity index (χ2v) is 2.84. The van der Waals surface area contributed by atoms with Gasteiger partial charge in [0.15, 0.2) is 6.29 Å². The van der Waals surface area contributed by atoms with Gasteiger partial charge in [-0.2, -0.15) is 0 Å². The van der Waals surface area contributed by atoms with E-state index in [1.54, 1.807) is 0 Å². The molecule has 15 heavy (non-hydrogen) atoms. The summed E-state index contributed by atoms with van der Waals surface area (Å²) in [6, 6.07) is 0. The highest BCUT2D eigenvalue weighted by molar-refractivity contribution is 5.97. The van der Waals surface area contributed by atoms with Crippen molar-refractivity contribution in [2.24, 2.45) is 0 Å². The third kappa shape index (κ3) is 4.12. The van der Waals surface area contributed by atoms with E-state index in [1.165, 1.54) is 6.20 Å². The number of rotatable bonds is 1. The van der Waals surface area contributed by atoms with Crippen molar-refractivity contribution in [2.75, 3.05) is 0 Å². The predicted molar refractivity (Wildman–Crippen MR) is 48.8 cm³/mol. The van der Waals surface area contributed by atoms with Gasteiger partial charge in [0.1, 0.15) is 5.69 Å².